The van der Waals surface area contributed by atoms with Gasteiger partial charge in [-0.1, -0.05) is 68.9 Å². The average Bonchev–Trinajstić information content (AvgIpc) is 3.19. The van der Waals surface area contributed by atoms with Gasteiger partial charge < -0.3 is 14.2 Å². The van der Waals surface area contributed by atoms with Crippen LogP contribution < -0.4 is 4.74 Å². The largest absolute Gasteiger partial charge is 0.497 e. The van der Waals surface area contributed by atoms with E-state index in [1.807, 2.05) is 31.3 Å². The van der Waals surface area contributed by atoms with Gasteiger partial charge in [0.1, 0.15) is 5.75 Å². The van der Waals surface area contributed by atoms with Gasteiger partial charge in [-0.25, -0.2) is 0 Å². The molecule has 1 aromatic heterocycles. The third-order valence-electron chi connectivity index (χ3n) is 5.35. The molecule has 3 rings (SSSR count). The minimum atomic E-state index is 0.0413. The molecule has 0 aliphatic heterocycles. The molecule has 170 valence electrons. The van der Waals surface area contributed by atoms with Crippen LogP contribution in [-0.2, 0) is 23.3 Å². The van der Waals surface area contributed by atoms with Crippen molar-refractivity contribution >= 4 is 17.7 Å². The molecule has 0 atom stereocenters. The van der Waals surface area contributed by atoms with E-state index in [2.05, 4.69) is 66.7 Å². The standard InChI is InChI=1S/C25H32N4O2S/c1-7-29-23(19-11-13-20(14-12-19)25(2,3)4)26-27-24(29)32-17-22(30)28(5)16-18-9-8-10-21(15-18)31-6/h8-15H,7,16-17H2,1-6H3. The number of aromatic nitrogens is 3. The lowest BCUT2D eigenvalue weighted by Gasteiger charge is -2.19. The van der Waals surface area contributed by atoms with Crippen LogP contribution in [0.2, 0.25) is 0 Å². The van der Waals surface area contributed by atoms with Crippen LogP contribution in [-0.4, -0.2) is 45.5 Å². The Labute approximate surface area is 195 Å². The lowest BCUT2D eigenvalue weighted by molar-refractivity contribution is -0.127. The van der Waals surface area contributed by atoms with Crippen molar-refractivity contribution in [2.45, 2.75) is 51.4 Å². The van der Waals surface area contributed by atoms with E-state index in [0.29, 0.717) is 12.3 Å². The summed E-state index contributed by atoms with van der Waals surface area (Å²) in [5.41, 5.74) is 3.45. The Kier molecular flexibility index (Phi) is 7.61. The lowest BCUT2D eigenvalue weighted by atomic mass is 9.87. The highest BCUT2D eigenvalue weighted by atomic mass is 32.2. The normalized spacial score (nSPS) is 11.4. The smallest absolute Gasteiger partial charge is 0.233 e. The molecular weight excluding hydrogens is 420 g/mol. The van der Waals surface area contributed by atoms with Crippen LogP contribution in [0.25, 0.3) is 11.4 Å². The molecule has 2 aromatic carbocycles. The van der Waals surface area contributed by atoms with Crippen LogP contribution in [0.1, 0.15) is 38.8 Å². The van der Waals surface area contributed by atoms with Gasteiger partial charge in [-0.15, -0.1) is 10.2 Å². The molecule has 0 N–H and O–H groups in total. The van der Waals surface area contributed by atoms with E-state index >= 15 is 0 Å². The highest BCUT2D eigenvalue weighted by molar-refractivity contribution is 7.99. The van der Waals surface area contributed by atoms with Crippen molar-refractivity contribution in [1.29, 1.82) is 0 Å². The highest BCUT2D eigenvalue weighted by Crippen LogP contribution is 2.28. The summed E-state index contributed by atoms with van der Waals surface area (Å²) >= 11 is 1.42. The number of nitrogens with zero attached hydrogens (tertiary/aromatic N) is 4. The first-order valence-electron chi connectivity index (χ1n) is 10.8. The molecule has 0 aliphatic carbocycles. The van der Waals surface area contributed by atoms with E-state index < -0.39 is 0 Å². The summed E-state index contributed by atoms with van der Waals surface area (Å²) in [6.45, 7) is 9.94. The molecule has 1 amide bonds. The van der Waals surface area contributed by atoms with E-state index in [-0.39, 0.29) is 11.3 Å². The second-order valence-corrected chi connectivity index (χ2v) is 9.71. The molecule has 0 radical (unpaired) electrons. The third kappa shape index (κ3) is 5.71. The summed E-state index contributed by atoms with van der Waals surface area (Å²) in [7, 11) is 3.46. The maximum atomic E-state index is 12.7. The van der Waals surface area contributed by atoms with Crippen molar-refractivity contribution < 1.29 is 9.53 Å². The Morgan fingerprint density at radius 3 is 2.47 bits per heavy atom. The molecular formula is C25H32N4O2S. The van der Waals surface area contributed by atoms with Crippen LogP contribution in [0.3, 0.4) is 0 Å². The Morgan fingerprint density at radius 1 is 1.12 bits per heavy atom. The second kappa shape index (κ2) is 10.2. The number of ether oxygens (including phenoxy) is 1. The van der Waals surface area contributed by atoms with Crippen molar-refractivity contribution in [2.75, 3.05) is 19.9 Å². The first kappa shape index (κ1) is 23.9. The first-order chi connectivity index (χ1) is 15.2. The van der Waals surface area contributed by atoms with Crippen molar-refractivity contribution in [3.05, 3.63) is 59.7 Å². The van der Waals surface area contributed by atoms with E-state index in [1.165, 1.54) is 17.3 Å². The molecule has 32 heavy (non-hydrogen) atoms. The topological polar surface area (TPSA) is 60.2 Å². The number of hydrogen-bond donors (Lipinski definition) is 0. The molecule has 0 saturated carbocycles. The van der Waals surface area contributed by atoms with Crippen LogP contribution in [0.5, 0.6) is 5.75 Å². The van der Waals surface area contributed by atoms with Crippen LogP contribution >= 0.6 is 11.8 Å². The number of carbonyl (C=O) groups is 1. The highest BCUT2D eigenvalue weighted by Gasteiger charge is 2.18. The summed E-state index contributed by atoms with van der Waals surface area (Å²) in [5, 5.41) is 9.53. The summed E-state index contributed by atoms with van der Waals surface area (Å²) < 4.78 is 7.33. The molecule has 7 heteroatoms. The molecule has 0 unspecified atom stereocenters. The molecule has 1 heterocycles. The average molecular weight is 453 g/mol. The van der Waals surface area contributed by atoms with Gasteiger partial charge in [0.25, 0.3) is 0 Å². The fraction of sp³-hybridized carbons (Fsp3) is 0.400. The molecule has 0 aliphatic rings. The van der Waals surface area contributed by atoms with Crippen molar-refractivity contribution in [1.82, 2.24) is 19.7 Å². The Hall–Kier alpha value is -2.80. The van der Waals surface area contributed by atoms with Gasteiger partial charge in [-0.3, -0.25) is 4.79 Å². The van der Waals surface area contributed by atoms with Gasteiger partial charge in [0, 0.05) is 25.7 Å². The minimum absolute atomic E-state index is 0.0413. The molecule has 6 nitrogen and oxygen atoms in total. The second-order valence-electron chi connectivity index (χ2n) is 8.77. The van der Waals surface area contributed by atoms with Crippen molar-refractivity contribution in [2.24, 2.45) is 0 Å². The SMILES string of the molecule is CCn1c(SCC(=O)N(C)Cc2cccc(OC)c2)nnc1-c1ccc(C(C)(C)C)cc1. The zero-order valence-corrected chi connectivity index (χ0v) is 20.6. The molecule has 0 spiro atoms. The number of carbonyl (C=O) groups excluding carboxylic acids is 1. The Morgan fingerprint density at radius 2 is 1.84 bits per heavy atom. The number of benzene rings is 2. The quantitative estimate of drug-likeness (QED) is 0.449. The van der Waals surface area contributed by atoms with E-state index in [9.17, 15) is 4.79 Å². The van der Waals surface area contributed by atoms with Gasteiger partial charge in [-0.2, -0.15) is 0 Å². The van der Waals surface area contributed by atoms with Gasteiger partial charge in [0.2, 0.25) is 5.91 Å². The fourth-order valence-corrected chi connectivity index (χ4v) is 4.33. The minimum Gasteiger partial charge on any atom is -0.497 e. The van der Waals surface area contributed by atoms with Gasteiger partial charge in [0.05, 0.1) is 12.9 Å². The number of hydrogen-bond acceptors (Lipinski definition) is 5. The predicted molar refractivity (Wildman–Crippen MR) is 130 cm³/mol. The predicted octanol–water partition coefficient (Wildman–Crippen LogP) is 5.02. The zero-order chi connectivity index (χ0) is 23.3. The van der Waals surface area contributed by atoms with Crippen LogP contribution in [0.4, 0.5) is 0 Å². The molecule has 3 aromatic rings. The lowest BCUT2D eigenvalue weighted by Crippen LogP contribution is -2.27. The van der Waals surface area contributed by atoms with E-state index in [0.717, 1.165) is 34.4 Å². The van der Waals surface area contributed by atoms with E-state index in [4.69, 9.17) is 4.74 Å². The van der Waals surface area contributed by atoms with Gasteiger partial charge in [0.15, 0.2) is 11.0 Å². The number of thioether (sulfide) groups is 1. The Balaban J connectivity index is 1.66. The maximum absolute atomic E-state index is 12.7. The van der Waals surface area contributed by atoms with Crippen LogP contribution in [0.15, 0.2) is 53.7 Å². The molecule has 0 bridgehead atoms. The number of amides is 1. The summed E-state index contributed by atoms with van der Waals surface area (Å²) in [5.74, 6) is 1.96. The summed E-state index contributed by atoms with van der Waals surface area (Å²) in [4.78, 5) is 14.4. The fourth-order valence-electron chi connectivity index (χ4n) is 3.38. The van der Waals surface area contributed by atoms with Crippen molar-refractivity contribution in [3.8, 4) is 17.1 Å². The summed E-state index contributed by atoms with van der Waals surface area (Å²) in [6, 6.07) is 16.2. The monoisotopic (exact) mass is 452 g/mol. The van der Waals surface area contributed by atoms with E-state index in [1.54, 1.807) is 12.0 Å². The molecule has 0 saturated heterocycles. The van der Waals surface area contributed by atoms with Gasteiger partial charge >= 0.3 is 0 Å². The van der Waals surface area contributed by atoms with Crippen molar-refractivity contribution in [3.63, 3.8) is 0 Å². The molecule has 0 fully saturated rings. The first-order valence-corrected chi connectivity index (χ1v) is 11.7. The third-order valence-corrected chi connectivity index (χ3v) is 6.30. The zero-order valence-electron chi connectivity index (χ0n) is 19.8. The van der Waals surface area contributed by atoms with Crippen LogP contribution in [0, 0.1) is 0 Å². The number of methoxy groups -OCH3 is 1. The van der Waals surface area contributed by atoms with Gasteiger partial charge in [-0.05, 0) is 35.6 Å². The Bertz CT molecular complexity index is 1050. The number of rotatable bonds is 8. The maximum Gasteiger partial charge on any atom is 0.233 e. The summed E-state index contributed by atoms with van der Waals surface area (Å²) in [6.07, 6.45) is 0.